The van der Waals surface area contributed by atoms with E-state index in [2.05, 4.69) is 13.8 Å². The van der Waals surface area contributed by atoms with E-state index in [9.17, 15) is 9.59 Å². The summed E-state index contributed by atoms with van der Waals surface area (Å²) in [5.41, 5.74) is 0. The SMILES string of the molecule is CC(CCO)CCO.CCCCCCCCCCC(=O)O.CCCCCCCCCCC(=O)O. The minimum absolute atomic E-state index is 0.237. The number of hydrogen-bond donors (Lipinski definition) is 4. The Morgan fingerprint density at radius 1 is 0.529 bits per heavy atom. The van der Waals surface area contributed by atoms with Crippen LogP contribution < -0.4 is 0 Å². The highest BCUT2D eigenvalue weighted by Crippen LogP contribution is 2.10. The molecule has 0 aliphatic heterocycles. The van der Waals surface area contributed by atoms with Gasteiger partial charge >= 0.3 is 11.9 Å². The lowest BCUT2D eigenvalue weighted by molar-refractivity contribution is -0.138. The Bertz CT molecular complexity index is 364. The summed E-state index contributed by atoms with van der Waals surface area (Å²) in [4.78, 5) is 20.3. The minimum atomic E-state index is -0.661. The lowest BCUT2D eigenvalue weighted by Crippen LogP contribution is -1.99. The van der Waals surface area contributed by atoms with E-state index in [1.165, 1.54) is 77.0 Å². The van der Waals surface area contributed by atoms with Crippen LogP contribution in [0.25, 0.3) is 0 Å². The molecule has 0 saturated carbocycles. The molecule has 0 aliphatic carbocycles. The van der Waals surface area contributed by atoms with Crippen LogP contribution in [0.4, 0.5) is 0 Å². The van der Waals surface area contributed by atoms with Crippen LogP contribution in [0, 0.1) is 5.92 Å². The molecule has 6 heteroatoms. The van der Waals surface area contributed by atoms with Crippen molar-refractivity contribution in [3.8, 4) is 0 Å². The van der Waals surface area contributed by atoms with Crippen LogP contribution in [-0.2, 0) is 9.59 Å². The van der Waals surface area contributed by atoms with Crippen molar-refractivity contribution in [1.82, 2.24) is 0 Å². The Morgan fingerprint density at radius 3 is 1.03 bits per heavy atom. The Hall–Kier alpha value is -1.14. The van der Waals surface area contributed by atoms with Crippen LogP contribution in [0.3, 0.4) is 0 Å². The monoisotopic (exact) mass is 490 g/mol. The summed E-state index contributed by atoms with van der Waals surface area (Å²) in [6, 6.07) is 0. The first-order valence-electron chi connectivity index (χ1n) is 14.0. The number of aliphatic carboxylic acids is 2. The number of carbonyl (C=O) groups is 2. The van der Waals surface area contributed by atoms with E-state index < -0.39 is 11.9 Å². The standard InChI is InChI=1S/2C11H22O2.C6H14O2/c2*1-2-3-4-5-6-7-8-9-10-11(12)13;1-6(2-4-7)3-5-8/h2*2-10H2,1H3,(H,12,13);6-8H,2-5H2,1H3. The number of carboxylic acids is 2. The van der Waals surface area contributed by atoms with Gasteiger partial charge in [0.2, 0.25) is 0 Å². The molecule has 0 aliphatic rings. The maximum atomic E-state index is 10.2. The first kappa shape index (κ1) is 37.4. The number of aliphatic hydroxyl groups is 2. The van der Waals surface area contributed by atoms with Crippen molar-refractivity contribution in [2.75, 3.05) is 13.2 Å². The summed E-state index contributed by atoms with van der Waals surface area (Å²) in [5.74, 6) is -0.859. The van der Waals surface area contributed by atoms with Crippen molar-refractivity contribution in [3.05, 3.63) is 0 Å². The average Bonchev–Trinajstić information content (AvgIpc) is 2.78. The fraction of sp³-hybridized carbons (Fsp3) is 0.929. The minimum Gasteiger partial charge on any atom is -0.481 e. The zero-order chi connectivity index (χ0) is 26.3. The summed E-state index contributed by atoms with van der Waals surface area (Å²) < 4.78 is 0. The largest absolute Gasteiger partial charge is 0.481 e. The summed E-state index contributed by atoms with van der Waals surface area (Å²) >= 11 is 0. The van der Waals surface area contributed by atoms with E-state index in [1.54, 1.807) is 0 Å². The Balaban J connectivity index is -0.000000438. The Morgan fingerprint density at radius 2 is 0.794 bits per heavy atom. The molecule has 6 nitrogen and oxygen atoms in total. The number of aliphatic hydroxyl groups excluding tert-OH is 2. The third-order valence-electron chi connectivity index (χ3n) is 5.73. The zero-order valence-corrected chi connectivity index (χ0v) is 22.7. The van der Waals surface area contributed by atoms with Gasteiger partial charge in [-0.1, -0.05) is 111 Å². The van der Waals surface area contributed by atoms with Crippen LogP contribution >= 0.6 is 0 Å². The van der Waals surface area contributed by atoms with E-state index in [1.807, 2.05) is 6.92 Å². The molecule has 206 valence electrons. The van der Waals surface area contributed by atoms with Gasteiger partial charge in [-0.05, 0) is 31.6 Å². The van der Waals surface area contributed by atoms with Crippen LogP contribution in [0.15, 0.2) is 0 Å². The van der Waals surface area contributed by atoms with Gasteiger partial charge in [-0.2, -0.15) is 0 Å². The summed E-state index contributed by atoms with van der Waals surface area (Å²) in [6.45, 7) is 6.93. The molecule has 0 aromatic carbocycles. The zero-order valence-electron chi connectivity index (χ0n) is 22.7. The molecule has 0 atom stereocenters. The number of hydrogen-bond acceptors (Lipinski definition) is 4. The van der Waals surface area contributed by atoms with Crippen LogP contribution in [0.5, 0.6) is 0 Å². The maximum absolute atomic E-state index is 10.2. The number of carboxylic acid groups (broad SMARTS) is 2. The Kier molecular flexibility index (Phi) is 37.4. The lowest BCUT2D eigenvalue weighted by atomic mass is 10.1. The van der Waals surface area contributed by atoms with Gasteiger partial charge < -0.3 is 20.4 Å². The number of unbranched alkanes of at least 4 members (excludes halogenated alkanes) is 14. The van der Waals surface area contributed by atoms with E-state index in [0.717, 1.165) is 38.5 Å². The van der Waals surface area contributed by atoms with E-state index >= 15 is 0 Å². The van der Waals surface area contributed by atoms with Gasteiger partial charge in [-0.3, -0.25) is 9.59 Å². The van der Waals surface area contributed by atoms with Gasteiger partial charge in [-0.15, -0.1) is 0 Å². The van der Waals surface area contributed by atoms with Crippen LogP contribution in [-0.4, -0.2) is 45.6 Å². The predicted molar refractivity (Wildman–Crippen MR) is 142 cm³/mol. The molecule has 34 heavy (non-hydrogen) atoms. The van der Waals surface area contributed by atoms with Crippen molar-refractivity contribution >= 4 is 11.9 Å². The van der Waals surface area contributed by atoms with Gasteiger partial charge in [-0.25, -0.2) is 0 Å². The average molecular weight is 491 g/mol. The fourth-order valence-corrected chi connectivity index (χ4v) is 3.41. The number of rotatable bonds is 22. The molecule has 0 aromatic heterocycles. The molecule has 0 bridgehead atoms. The van der Waals surface area contributed by atoms with Gasteiger partial charge in [0.25, 0.3) is 0 Å². The smallest absolute Gasteiger partial charge is 0.303 e. The van der Waals surface area contributed by atoms with E-state index in [4.69, 9.17) is 20.4 Å². The highest BCUT2D eigenvalue weighted by Gasteiger charge is 1.98. The highest BCUT2D eigenvalue weighted by atomic mass is 16.4. The molecule has 0 radical (unpaired) electrons. The summed E-state index contributed by atoms with van der Waals surface area (Å²) in [7, 11) is 0. The molecule has 0 rings (SSSR count). The third kappa shape index (κ3) is 44.5. The second-order valence-electron chi connectivity index (χ2n) is 9.37. The van der Waals surface area contributed by atoms with Crippen LogP contribution in [0.1, 0.15) is 149 Å². The molecule has 0 fully saturated rings. The molecule has 0 heterocycles. The normalized spacial score (nSPS) is 10.3. The molecule has 0 unspecified atom stereocenters. The van der Waals surface area contributed by atoms with Crippen molar-refractivity contribution in [2.45, 2.75) is 149 Å². The van der Waals surface area contributed by atoms with Crippen molar-refractivity contribution in [2.24, 2.45) is 5.92 Å². The van der Waals surface area contributed by atoms with Crippen molar-refractivity contribution in [3.63, 3.8) is 0 Å². The highest BCUT2D eigenvalue weighted by molar-refractivity contribution is 5.66. The molecule has 4 N–H and O–H groups in total. The first-order chi connectivity index (χ1) is 16.3. The predicted octanol–water partition coefficient (Wildman–Crippen LogP) is 7.59. The Labute approximate surface area is 210 Å². The maximum Gasteiger partial charge on any atom is 0.303 e. The quantitative estimate of drug-likeness (QED) is 0.116. The van der Waals surface area contributed by atoms with Gasteiger partial charge in [0.1, 0.15) is 0 Å². The van der Waals surface area contributed by atoms with Gasteiger partial charge in [0.05, 0.1) is 0 Å². The topological polar surface area (TPSA) is 115 Å². The third-order valence-corrected chi connectivity index (χ3v) is 5.73. The first-order valence-corrected chi connectivity index (χ1v) is 14.0. The van der Waals surface area contributed by atoms with Crippen molar-refractivity contribution in [1.29, 1.82) is 0 Å². The molecule has 0 spiro atoms. The molecule has 0 amide bonds. The van der Waals surface area contributed by atoms with Crippen molar-refractivity contribution < 1.29 is 30.0 Å². The second-order valence-corrected chi connectivity index (χ2v) is 9.37. The summed E-state index contributed by atoms with van der Waals surface area (Å²) in [5, 5.41) is 33.5. The molecular formula is C28H58O6. The van der Waals surface area contributed by atoms with E-state index in [0.29, 0.717) is 18.8 Å². The van der Waals surface area contributed by atoms with Crippen LogP contribution in [0.2, 0.25) is 0 Å². The second kappa shape index (κ2) is 34.0. The van der Waals surface area contributed by atoms with E-state index in [-0.39, 0.29) is 13.2 Å². The lowest BCUT2D eigenvalue weighted by Gasteiger charge is -2.04. The van der Waals surface area contributed by atoms with Gasteiger partial charge in [0, 0.05) is 26.1 Å². The molecular weight excluding hydrogens is 432 g/mol. The molecule has 0 saturated heterocycles. The molecule has 0 aromatic rings. The summed E-state index contributed by atoms with van der Waals surface area (Å²) in [6.07, 6.45) is 21.7. The van der Waals surface area contributed by atoms with Gasteiger partial charge in [0.15, 0.2) is 0 Å². The fourth-order valence-electron chi connectivity index (χ4n) is 3.41.